The number of hydrogen-bond acceptors (Lipinski definition) is 7. The van der Waals surface area contributed by atoms with Crippen LogP contribution in [-0.2, 0) is 4.74 Å². The molecule has 0 saturated carbocycles. The average molecular weight is 354 g/mol. The molecule has 0 radical (unpaired) electrons. The highest BCUT2D eigenvalue weighted by Gasteiger charge is 2.25. The molecule has 4 rings (SSSR count). The van der Waals surface area contributed by atoms with Gasteiger partial charge in [-0.25, -0.2) is 15.0 Å². The van der Waals surface area contributed by atoms with Crippen molar-refractivity contribution < 1.29 is 14.6 Å². The molecule has 1 fully saturated rings. The maximum absolute atomic E-state index is 12.4. The minimum Gasteiger partial charge on any atom is -0.394 e. The van der Waals surface area contributed by atoms with Gasteiger partial charge in [0.1, 0.15) is 12.6 Å². The van der Waals surface area contributed by atoms with E-state index < -0.39 is 0 Å². The fourth-order valence-corrected chi connectivity index (χ4v) is 2.88. The molecule has 2 aromatic heterocycles. The minimum absolute atomic E-state index is 0.0660. The van der Waals surface area contributed by atoms with Crippen LogP contribution < -0.4 is 10.6 Å². The third-order valence-corrected chi connectivity index (χ3v) is 4.18. The van der Waals surface area contributed by atoms with E-state index in [2.05, 4.69) is 25.6 Å². The maximum Gasteiger partial charge on any atom is 0.256 e. The summed E-state index contributed by atoms with van der Waals surface area (Å²) in [6.45, 7) is 1.09. The summed E-state index contributed by atoms with van der Waals surface area (Å²) < 4.78 is 7.61. The topological polar surface area (TPSA) is 114 Å². The second-order valence-corrected chi connectivity index (χ2v) is 5.92. The van der Waals surface area contributed by atoms with Gasteiger partial charge in [-0.15, -0.1) is 0 Å². The Balaban J connectivity index is 1.62. The SMILES string of the molecule is O=C(Nc1ncnc2c1ncn2[C@H]1CNC[C@@H](CO)O1)c1ccccc1. The molecule has 3 N–H and O–H groups in total. The standard InChI is InChI=1S/C17H18N6O3/c24-8-12-6-18-7-13(26-12)23-10-21-14-15(19-9-20-16(14)23)22-17(25)11-4-2-1-3-5-11/h1-5,9-10,12-13,18,24H,6-8H2,(H,19,20,22,25)/t12-,13+/m0/s1. The number of ether oxygens (including phenoxy) is 1. The predicted octanol–water partition coefficient (Wildman–Crippen LogP) is 0.558. The zero-order valence-corrected chi connectivity index (χ0v) is 13.9. The summed E-state index contributed by atoms with van der Waals surface area (Å²) in [5.41, 5.74) is 1.56. The van der Waals surface area contributed by atoms with E-state index in [4.69, 9.17) is 4.74 Å². The first-order chi connectivity index (χ1) is 12.8. The monoisotopic (exact) mass is 354 g/mol. The van der Waals surface area contributed by atoms with Crippen molar-refractivity contribution >= 4 is 22.9 Å². The number of rotatable bonds is 4. The number of aliphatic hydroxyl groups is 1. The third-order valence-electron chi connectivity index (χ3n) is 4.18. The first-order valence-electron chi connectivity index (χ1n) is 8.27. The molecule has 0 bridgehead atoms. The number of benzene rings is 1. The molecule has 2 atom stereocenters. The van der Waals surface area contributed by atoms with Gasteiger partial charge in [-0.1, -0.05) is 18.2 Å². The van der Waals surface area contributed by atoms with Gasteiger partial charge < -0.3 is 20.5 Å². The van der Waals surface area contributed by atoms with Gasteiger partial charge in [0.2, 0.25) is 0 Å². The number of carbonyl (C=O) groups is 1. The molecule has 1 aliphatic heterocycles. The lowest BCUT2D eigenvalue weighted by Gasteiger charge is -2.30. The quantitative estimate of drug-likeness (QED) is 0.627. The Morgan fingerprint density at radius 2 is 2.12 bits per heavy atom. The average Bonchev–Trinajstić information content (AvgIpc) is 3.14. The molecule has 0 unspecified atom stereocenters. The van der Waals surface area contributed by atoms with Crippen molar-refractivity contribution in [3.63, 3.8) is 0 Å². The summed E-state index contributed by atoms with van der Waals surface area (Å²) in [6, 6.07) is 8.89. The summed E-state index contributed by atoms with van der Waals surface area (Å²) in [5.74, 6) is 0.0705. The molecule has 9 heteroatoms. The smallest absolute Gasteiger partial charge is 0.256 e. The highest BCUT2D eigenvalue weighted by atomic mass is 16.5. The number of imidazole rings is 1. The summed E-state index contributed by atoms with van der Waals surface area (Å²) >= 11 is 0. The Hall–Kier alpha value is -2.88. The van der Waals surface area contributed by atoms with Gasteiger partial charge in [-0.3, -0.25) is 9.36 Å². The van der Waals surface area contributed by atoms with Crippen LogP contribution in [-0.4, -0.2) is 56.3 Å². The van der Waals surface area contributed by atoms with Crippen molar-refractivity contribution in [2.45, 2.75) is 12.3 Å². The predicted molar refractivity (Wildman–Crippen MR) is 93.6 cm³/mol. The van der Waals surface area contributed by atoms with Gasteiger partial charge in [-0.2, -0.15) is 0 Å². The number of morpholine rings is 1. The van der Waals surface area contributed by atoms with Crippen LogP contribution in [0.4, 0.5) is 5.82 Å². The van der Waals surface area contributed by atoms with E-state index in [1.54, 1.807) is 35.2 Å². The molecule has 0 aliphatic carbocycles. The van der Waals surface area contributed by atoms with Crippen molar-refractivity contribution in [2.24, 2.45) is 0 Å². The fraction of sp³-hybridized carbons (Fsp3) is 0.294. The molecule has 3 aromatic rings. The van der Waals surface area contributed by atoms with Gasteiger partial charge >= 0.3 is 0 Å². The number of fused-ring (bicyclic) bond motifs is 1. The van der Waals surface area contributed by atoms with Gasteiger partial charge in [0.05, 0.1) is 19.0 Å². The highest BCUT2D eigenvalue weighted by Crippen LogP contribution is 2.23. The first-order valence-corrected chi connectivity index (χ1v) is 8.27. The Labute approximate surface area is 149 Å². The summed E-state index contributed by atoms with van der Waals surface area (Å²) in [4.78, 5) is 25.1. The number of amides is 1. The second kappa shape index (κ2) is 7.16. The van der Waals surface area contributed by atoms with Gasteiger partial charge in [0, 0.05) is 18.7 Å². The lowest BCUT2D eigenvalue weighted by molar-refractivity contribution is -0.0933. The molecule has 134 valence electrons. The van der Waals surface area contributed by atoms with Crippen molar-refractivity contribution in [1.29, 1.82) is 0 Å². The molecule has 1 aromatic carbocycles. The number of hydrogen-bond donors (Lipinski definition) is 3. The van der Waals surface area contributed by atoms with Crippen LogP contribution in [0.1, 0.15) is 16.6 Å². The normalized spacial score (nSPS) is 20.2. The largest absolute Gasteiger partial charge is 0.394 e. The van der Waals surface area contributed by atoms with Crippen LogP contribution in [0.3, 0.4) is 0 Å². The zero-order valence-electron chi connectivity index (χ0n) is 13.9. The van der Waals surface area contributed by atoms with E-state index in [1.165, 1.54) is 6.33 Å². The number of aromatic nitrogens is 4. The molecule has 1 amide bonds. The van der Waals surface area contributed by atoms with Crippen LogP contribution in [0, 0.1) is 0 Å². The summed E-state index contributed by atoms with van der Waals surface area (Å²) in [6.07, 6.45) is 2.34. The van der Waals surface area contributed by atoms with Crippen molar-refractivity contribution in [3.8, 4) is 0 Å². The van der Waals surface area contributed by atoms with E-state index in [-0.39, 0.29) is 24.8 Å². The first kappa shape index (κ1) is 16.6. The molecule has 1 aliphatic rings. The molecular formula is C17H18N6O3. The Morgan fingerprint density at radius 3 is 2.92 bits per heavy atom. The number of anilines is 1. The van der Waals surface area contributed by atoms with E-state index in [1.807, 2.05) is 6.07 Å². The maximum atomic E-state index is 12.4. The van der Waals surface area contributed by atoms with E-state index >= 15 is 0 Å². The van der Waals surface area contributed by atoms with E-state index in [9.17, 15) is 9.90 Å². The molecular weight excluding hydrogens is 336 g/mol. The summed E-state index contributed by atoms with van der Waals surface area (Å²) in [5, 5.41) is 15.3. The van der Waals surface area contributed by atoms with Crippen LogP contribution in [0.25, 0.3) is 11.2 Å². The van der Waals surface area contributed by atoms with Crippen molar-refractivity contribution in [2.75, 3.05) is 25.0 Å². The van der Waals surface area contributed by atoms with Gasteiger partial charge in [0.25, 0.3) is 5.91 Å². The number of nitrogens with zero attached hydrogens (tertiary/aromatic N) is 4. The molecule has 1 saturated heterocycles. The Bertz CT molecular complexity index is 913. The number of carbonyl (C=O) groups excluding carboxylic acids is 1. The number of aliphatic hydroxyl groups excluding tert-OH is 1. The Kier molecular flexibility index (Phi) is 4.57. The molecule has 3 heterocycles. The van der Waals surface area contributed by atoms with Gasteiger partial charge in [-0.05, 0) is 12.1 Å². The Morgan fingerprint density at radius 1 is 1.27 bits per heavy atom. The fourth-order valence-electron chi connectivity index (χ4n) is 2.88. The van der Waals surface area contributed by atoms with Crippen LogP contribution in [0.15, 0.2) is 43.0 Å². The van der Waals surface area contributed by atoms with Crippen LogP contribution in [0.5, 0.6) is 0 Å². The van der Waals surface area contributed by atoms with Crippen molar-refractivity contribution in [1.82, 2.24) is 24.8 Å². The lowest BCUT2D eigenvalue weighted by atomic mass is 10.2. The number of nitrogens with one attached hydrogen (secondary N) is 2. The summed E-state index contributed by atoms with van der Waals surface area (Å²) in [7, 11) is 0. The van der Waals surface area contributed by atoms with Crippen LogP contribution in [0.2, 0.25) is 0 Å². The van der Waals surface area contributed by atoms with E-state index in [0.29, 0.717) is 35.6 Å². The van der Waals surface area contributed by atoms with Crippen LogP contribution >= 0.6 is 0 Å². The van der Waals surface area contributed by atoms with Crippen molar-refractivity contribution in [3.05, 3.63) is 48.5 Å². The van der Waals surface area contributed by atoms with Gasteiger partial charge in [0.15, 0.2) is 17.0 Å². The zero-order chi connectivity index (χ0) is 17.9. The highest BCUT2D eigenvalue weighted by molar-refractivity contribution is 6.06. The molecule has 26 heavy (non-hydrogen) atoms. The lowest BCUT2D eigenvalue weighted by Crippen LogP contribution is -2.44. The third kappa shape index (κ3) is 3.15. The molecule has 9 nitrogen and oxygen atoms in total. The van der Waals surface area contributed by atoms with E-state index in [0.717, 1.165) is 0 Å². The minimum atomic E-state index is -0.349. The molecule has 0 spiro atoms. The second-order valence-electron chi connectivity index (χ2n) is 5.92.